The summed E-state index contributed by atoms with van der Waals surface area (Å²) in [5, 5.41) is 10.3. The molecule has 0 radical (unpaired) electrons. The number of hydrogen-bond acceptors (Lipinski definition) is 7. The van der Waals surface area contributed by atoms with Gasteiger partial charge in [0.05, 0.1) is 23.5 Å². The van der Waals surface area contributed by atoms with Crippen LogP contribution >= 0.6 is 23.1 Å². The highest BCUT2D eigenvalue weighted by molar-refractivity contribution is 8.00. The summed E-state index contributed by atoms with van der Waals surface area (Å²) in [5.74, 6) is -2.65. The molecule has 1 fully saturated rings. The molecule has 2 amide bonds. The lowest BCUT2D eigenvalue weighted by Gasteiger charge is -2.14. The monoisotopic (exact) mass is 391 g/mol. The van der Waals surface area contributed by atoms with E-state index in [2.05, 4.69) is 4.74 Å². The van der Waals surface area contributed by atoms with Crippen molar-refractivity contribution in [3.63, 3.8) is 0 Å². The quantitative estimate of drug-likeness (QED) is 0.618. The van der Waals surface area contributed by atoms with E-state index in [-0.39, 0.29) is 22.5 Å². The van der Waals surface area contributed by atoms with E-state index in [1.807, 2.05) is 0 Å². The molecule has 0 spiro atoms. The summed E-state index contributed by atoms with van der Waals surface area (Å²) < 4.78 is 4.68. The number of aromatic carboxylic acids is 1. The van der Waals surface area contributed by atoms with Crippen molar-refractivity contribution in [1.29, 1.82) is 0 Å². The van der Waals surface area contributed by atoms with E-state index >= 15 is 0 Å². The van der Waals surface area contributed by atoms with Gasteiger partial charge in [-0.05, 0) is 23.6 Å². The molecule has 1 saturated heterocycles. The first-order valence-corrected chi connectivity index (χ1v) is 9.21. The van der Waals surface area contributed by atoms with Gasteiger partial charge in [0.2, 0.25) is 11.8 Å². The summed E-state index contributed by atoms with van der Waals surface area (Å²) >= 11 is 2.13. The van der Waals surface area contributed by atoms with Crippen LogP contribution < -0.4 is 4.90 Å². The summed E-state index contributed by atoms with van der Waals surface area (Å²) in [7, 11) is 1.22. The van der Waals surface area contributed by atoms with Gasteiger partial charge >= 0.3 is 11.9 Å². The minimum Gasteiger partial charge on any atom is -0.478 e. The fraction of sp³-hybridized carbons (Fsp3) is 0.176. The van der Waals surface area contributed by atoms with Crippen molar-refractivity contribution in [3.05, 3.63) is 46.8 Å². The fourth-order valence-corrected chi connectivity index (χ4v) is 4.64. The number of hydrogen-bond donors (Lipinski definition) is 1. The van der Waals surface area contributed by atoms with Gasteiger partial charge in [-0.25, -0.2) is 14.5 Å². The van der Waals surface area contributed by atoms with Crippen molar-refractivity contribution in [2.45, 2.75) is 16.6 Å². The number of carbonyl (C=O) groups is 4. The van der Waals surface area contributed by atoms with Crippen molar-refractivity contribution in [3.8, 4) is 0 Å². The average molecular weight is 391 g/mol. The van der Waals surface area contributed by atoms with Crippen LogP contribution in [0.25, 0.3) is 0 Å². The minimum atomic E-state index is -1.10. The van der Waals surface area contributed by atoms with E-state index in [9.17, 15) is 24.3 Å². The second-order valence-electron chi connectivity index (χ2n) is 5.31. The second-order valence-corrected chi connectivity index (χ2v) is 7.45. The summed E-state index contributed by atoms with van der Waals surface area (Å²) in [6.45, 7) is 0. The number of carbonyl (C=O) groups excluding carboxylic acids is 3. The SMILES string of the molecule is COC(=O)c1ccsc1N1C(=O)CC(Sc2ccccc2C(=O)O)C1=O. The average Bonchev–Trinajstić information content (AvgIpc) is 3.19. The molecular weight excluding hydrogens is 378 g/mol. The molecule has 2 aromatic rings. The van der Waals surface area contributed by atoms with Crippen molar-refractivity contribution in [1.82, 2.24) is 0 Å². The van der Waals surface area contributed by atoms with Gasteiger partial charge in [-0.2, -0.15) is 0 Å². The van der Waals surface area contributed by atoms with Gasteiger partial charge in [-0.3, -0.25) is 9.59 Å². The molecule has 26 heavy (non-hydrogen) atoms. The number of esters is 1. The maximum absolute atomic E-state index is 12.8. The molecule has 0 bridgehead atoms. The largest absolute Gasteiger partial charge is 0.478 e. The van der Waals surface area contributed by atoms with E-state index in [4.69, 9.17) is 0 Å². The van der Waals surface area contributed by atoms with Gasteiger partial charge in [-0.1, -0.05) is 12.1 Å². The first kappa shape index (κ1) is 18.2. The smallest absolute Gasteiger partial charge is 0.340 e. The first-order valence-electron chi connectivity index (χ1n) is 7.45. The Bertz CT molecular complexity index is 906. The van der Waals surface area contributed by atoms with E-state index in [0.717, 1.165) is 28.0 Å². The number of thiophene rings is 1. The number of amides is 2. The lowest BCUT2D eigenvalue weighted by Crippen LogP contribution is -2.31. The Morgan fingerprint density at radius 3 is 2.65 bits per heavy atom. The Hall–Kier alpha value is -2.65. The number of carboxylic acid groups (broad SMARTS) is 1. The van der Waals surface area contributed by atoms with Crippen LogP contribution in [0, 0.1) is 0 Å². The van der Waals surface area contributed by atoms with Crippen molar-refractivity contribution < 1.29 is 29.0 Å². The zero-order valence-electron chi connectivity index (χ0n) is 13.5. The number of methoxy groups -OCH3 is 1. The zero-order chi connectivity index (χ0) is 18.8. The summed E-state index contributed by atoms with van der Waals surface area (Å²) in [6.07, 6.45) is -0.0734. The Kier molecular flexibility index (Phi) is 5.10. The van der Waals surface area contributed by atoms with E-state index in [0.29, 0.717) is 4.90 Å². The van der Waals surface area contributed by atoms with Crippen LogP contribution in [0.1, 0.15) is 27.1 Å². The summed E-state index contributed by atoms with van der Waals surface area (Å²) in [4.78, 5) is 49.7. The molecule has 1 aromatic carbocycles. The van der Waals surface area contributed by atoms with Gasteiger partial charge in [0, 0.05) is 11.3 Å². The lowest BCUT2D eigenvalue weighted by atomic mass is 10.2. The van der Waals surface area contributed by atoms with Gasteiger partial charge in [0.1, 0.15) is 5.00 Å². The van der Waals surface area contributed by atoms with Crippen LogP contribution in [0.15, 0.2) is 40.6 Å². The molecule has 9 heteroatoms. The molecule has 1 aliphatic heterocycles. The van der Waals surface area contributed by atoms with Crippen LogP contribution in [0.5, 0.6) is 0 Å². The number of imide groups is 1. The Morgan fingerprint density at radius 2 is 1.96 bits per heavy atom. The third kappa shape index (κ3) is 3.23. The minimum absolute atomic E-state index is 0.0718. The van der Waals surface area contributed by atoms with Crippen molar-refractivity contribution in [2.24, 2.45) is 0 Å². The summed E-state index contributed by atoms with van der Waals surface area (Å²) in [5.41, 5.74) is 0.221. The molecule has 1 N–H and O–H groups in total. The Labute approximate surface area is 156 Å². The molecule has 134 valence electrons. The second kappa shape index (κ2) is 7.30. The van der Waals surface area contributed by atoms with Crippen LogP contribution in [0.4, 0.5) is 5.00 Å². The number of thioether (sulfide) groups is 1. The highest BCUT2D eigenvalue weighted by Crippen LogP contribution is 2.38. The number of nitrogens with zero attached hydrogens (tertiary/aromatic N) is 1. The Morgan fingerprint density at radius 1 is 1.23 bits per heavy atom. The number of carboxylic acids is 1. The standard InChI is InChI=1S/C17H13NO6S2/c1-24-17(23)10-6-7-25-15(10)18-13(19)8-12(14(18)20)26-11-5-3-2-4-9(11)16(21)22/h2-7,12H,8H2,1H3,(H,21,22). The number of ether oxygens (including phenoxy) is 1. The first-order chi connectivity index (χ1) is 12.4. The third-order valence-corrected chi connectivity index (χ3v) is 5.91. The molecule has 0 aliphatic carbocycles. The van der Waals surface area contributed by atoms with Crippen LogP contribution in [0.3, 0.4) is 0 Å². The van der Waals surface area contributed by atoms with Crippen LogP contribution in [0.2, 0.25) is 0 Å². The Balaban J connectivity index is 1.88. The topological polar surface area (TPSA) is 101 Å². The van der Waals surface area contributed by atoms with Gasteiger partial charge in [-0.15, -0.1) is 23.1 Å². The number of benzene rings is 1. The predicted molar refractivity (Wildman–Crippen MR) is 95.8 cm³/mol. The normalized spacial score (nSPS) is 16.8. The molecule has 0 saturated carbocycles. The molecule has 3 rings (SSSR count). The van der Waals surface area contributed by atoms with E-state index in [1.165, 1.54) is 19.2 Å². The van der Waals surface area contributed by atoms with E-state index < -0.39 is 29.0 Å². The summed E-state index contributed by atoms with van der Waals surface area (Å²) in [6, 6.07) is 7.79. The fourth-order valence-electron chi connectivity index (χ4n) is 2.55. The molecule has 1 aliphatic rings. The number of anilines is 1. The molecule has 1 unspecified atom stereocenters. The molecular formula is C17H13NO6S2. The lowest BCUT2D eigenvalue weighted by molar-refractivity contribution is -0.121. The molecule has 2 heterocycles. The molecule has 1 aromatic heterocycles. The zero-order valence-corrected chi connectivity index (χ0v) is 15.1. The van der Waals surface area contributed by atoms with Crippen molar-refractivity contribution >= 4 is 51.9 Å². The molecule has 1 atom stereocenters. The van der Waals surface area contributed by atoms with Crippen LogP contribution in [-0.2, 0) is 14.3 Å². The van der Waals surface area contributed by atoms with Crippen LogP contribution in [-0.4, -0.2) is 41.2 Å². The van der Waals surface area contributed by atoms with E-state index in [1.54, 1.807) is 23.6 Å². The molecule has 7 nitrogen and oxygen atoms in total. The van der Waals surface area contributed by atoms with Gasteiger partial charge < -0.3 is 9.84 Å². The third-order valence-electron chi connectivity index (χ3n) is 3.75. The highest BCUT2D eigenvalue weighted by Gasteiger charge is 2.42. The van der Waals surface area contributed by atoms with Gasteiger partial charge in [0.25, 0.3) is 0 Å². The maximum atomic E-state index is 12.8. The highest BCUT2D eigenvalue weighted by atomic mass is 32.2. The number of rotatable bonds is 5. The van der Waals surface area contributed by atoms with Gasteiger partial charge in [0.15, 0.2) is 0 Å². The predicted octanol–water partition coefficient (Wildman–Crippen LogP) is 2.66. The maximum Gasteiger partial charge on any atom is 0.340 e. The van der Waals surface area contributed by atoms with Crippen molar-refractivity contribution in [2.75, 3.05) is 12.0 Å².